The van der Waals surface area contributed by atoms with Gasteiger partial charge in [0.05, 0.1) is 13.2 Å². The molecule has 2 unspecified atom stereocenters. The summed E-state index contributed by atoms with van der Waals surface area (Å²) in [6, 6.07) is 15.4. The largest absolute Gasteiger partial charge is 0.493 e. The maximum atomic E-state index is 12.4. The molecule has 246 valence electrons. The SMILES string of the molecule is Nc1ncnc2c1nc(NCc1ccc(-c3ccccc3)cc1OCCCCCNC(=O)C(F)(F)F)n2[C@@H]1O[C@H](CO)C(O)C1O. The lowest BCUT2D eigenvalue weighted by atomic mass is 10.0. The van der Waals surface area contributed by atoms with Crippen LogP contribution < -0.4 is 21.1 Å². The van der Waals surface area contributed by atoms with Crippen LogP contribution in [0.1, 0.15) is 31.1 Å². The van der Waals surface area contributed by atoms with Crippen LogP contribution in [0.25, 0.3) is 22.3 Å². The monoisotopic (exact) mass is 645 g/mol. The van der Waals surface area contributed by atoms with E-state index in [0.29, 0.717) is 25.0 Å². The van der Waals surface area contributed by atoms with Crippen molar-refractivity contribution >= 4 is 28.8 Å². The minimum absolute atomic E-state index is 0.0905. The number of nitrogen functional groups attached to an aromatic ring is 1. The zero-order chi connectivity index (χ0) is 32.8. The molecule has 0 spiro atoms. The first-order valence-electron chi connectivity index (χ1n) is 14.6. The van der Waals surface area contributed by atoms with Crippen molar-refractivity contribution in [3.8, 4) is 16.9 Å². The van der Waals surface area contributed by atoms with E-state index in [2.05, 4.69) is 20.3 Å². The summed E-state index contributed by atoms with van der Waals surface area (Å²) in [4.78, 5) is 23.8. The lowest BCUT2D eigenvalue weighted by Gasteiger charge is -2.20. The number of halogens is 3. The zero-order valence-corrected chi connectivity index (χ0v) is 24.5. The van der Waals surface area contributed by atoms with E-state index in [4.69, 9.17) is 15.2 Å². The first-order valence-corrected chi connectivity index (χ1v) is 14.6. The third kappa shape index (κ3) is 7.31. The summed E-state index contributed by atoms with van der Waals surface area (Å²) in [5.41, 5.74) is 9.13. The lowest BCUT2D eigenvalue weighted by Crippen LogP contribution is -2.37. The summed E-state index contributed by atoms with van der Waals surface area (Å²) in [6.45, 7) is -0.161. The number of amides is 1. The van der Waals surface area contributed by atoms with Crippen LogP contribution in [-0.2, 0) is 16.1 Å². The van der Waals surface area contributed by atoms with E-state index in [-0.39, 0.29) is 42.6 Å². The summed E-state index contributed by atoms with van der Waals surface area (Å²) in [5, 5.41) is 35.8. The minimum atomic E-state index is -4.91. The van der Waals surface area contributed by atoms with Crippen LogP contribution in [0.3, 0.4) is 0 Å². The van der Waals surface area contributed by atoms with Gasteiger partial charge in [-0.2, -0.15) is 13.2 Å². The second kappa shape index (κ2) is 14.3. The highest BCUT2D eigenvalue weighted by atomic mass is 19.4. The highest BCUT2D eigenvalue weighted by molar-refractivity contribution is 5.84. The van der Waals surface area contributed by atoms with Crippen molar-refractivity contribution in [1.82, 2.24) is 24.8 Å². The second-order valence-corrected chi connectivity index (χ2v) is 10.7. The summed E-state index contributed by atoms with van der Waals surface area (Å²) >= 11 is 0. The van der Waals surface area contributed by atoms with Crippen molar-refractivity contribution < 1.29 is 42.8 Å². The number of imidazole rings is 1. The number of benzene rings is 2. The van der Waals surface area contributed by atoms with Crippen LogP contribution in [0.2, 0.25) is 0 Å². The number of aromatic nitrogens is 4. The van der Waals surface area contributed by atoms with Gasteiger partial charge in [-0.25, -0.2) is 15.0 Å². The Balaban J connectivity index is 1.33. The maximum absolute atomic E-state index is 12.4. The number of ether oxygens (including phenoxy) is 2. The van der Waals surface area contributed by atoms with Gasteiger partial charge in [0.15, 0.2) is 23.2 Å². The Hall–Kier alpha value is -4.51. The van der Waals surface area contributed by atoms with Gasteiger partial charge in [0.1, 0.15) is 30.4 Å². The van der Waals surface area contributed by atoms with Crippen LogP contribution in [0.5, 0.6) is 5.75 Å². The number of aliphatic hydroxyl groups is 3. The van der Waals surface area contributed by atoms with Gasteiger partial charge >= 0.3 is 12.1 Å². The third-order valence-corrected chi connectivity index (χ3v) is 7.51. The Labute approximate surface area is 261 Å². The molecule has 1 amide bonds. The molecule has 16 heteroatoms. The van der Waals surface area contributed by atoms with Crippen LogP contribution in [0.4, 0.5) is 24.9 Å². The molecule has 0 radical (unpaired) electrons. The number of rotatable bonds is 13. The number of hydrogen-bond donors (Lipinski definition) is 6. The summed E-state index contributed by atoms with van der Waals surface area (Å²) in [6.07, 6.45) is -7.20. The van der Waals surface area contributed by atoms with Gasteiger partial charge in [-0.1, -0.05) is 42.5 Å². The highest BCUT2D eigenvalue weighted by Gasteiger charge is 2.45. The lowest BCUT2D eigenvalue weighted by molar-refractivity contribution is -0.173. The van der Waals surface area contributed by atoms with Gasteiger partial charge in [0.25, 0.3) is 0 Å². The molecule has 4 atom stereocenters. The molecule has 1 aliphatic heterocycles. The molecule has 3 heterocycles. The molecule has 1 aliphatic rings. The Bertz CT molecular complexity index is 1640. The predicted molar refractivity (Wildman–Crippen MR) is 160 cm³/mol. The Kier molecular flexibility index (Phi) is 10.2. The fraction of sp³-hybridized carbons (Fsp3) is 0.400. The number of nitrogens with zero attached hydrogens (tertiary/aromatic N) is 4. The molecule has 1 saturated heterocycles. The Morgan fingerprint density at radius 3 is 2.54 bits per heavy atom. The summed E-state index contributed by atoms with van der Waals surface area (Å²) in [7, 11) is 0. The molecular formula is C30H34F3N7O6. The van der Waals surface area contributed by atoms with E-state index in [9.17, 15) is 33.3 Å². The Morgan fingerprint density at radius 2 is 1.83 bits per heavy atom. The maximum Gasteiger partial charge on any atom is 0.471 e. The number of carbonyl (C=O) groups excluding carboxylic acids is 1. The molecule has 2 aromatic carbocycles. The summed E-state index contributed by atoms with van der Waals surface area (Å²) < 4.78 is 50.5. The van der Waals surface area contributed by atoms with Crippen LogP contribution >= 0.6 is 0 Å². The van der Waals surface area contributed by atoms with Crippen molar-refractivity contribution in [3.05, 3.63) is 60.4 Å². The molecule has 4 aromatic rings. The van der Waals surface area contributed by atoms with Crippen molar-refractivity contribution in [1.29, 1.82) is 0 Å². The Morgan fingerprint density at radius 1 is 1.04 bits per heavy atom. The van der Waals surface area contributed by atoms with Crippen LogP contribution in [0.15, 0.2) is 54.9 Å². The van der Waals surface area contributed by atoms with Crippen LogP contribution in [-0.4, -0.2) is 85.0 Å². The van der Waals surface area contributed by atoms with Gasteiger partial charge < -0.3 is 41.2 Å². The number of nitrogens with one attached hydrogen (secondary N) is 2. The smallest absolute Gasteiger partial charge is 0.471 e. The molecule has 2 aromatic heterocycles. The first-order chi connectivity index (χ1) is 22.1. The number of anilines is 2. The average molecular weight is 646 g/mol. The minimum Gasteiger partial charge on any atom is -0.493 e. The number of fused-ring (bicyclic) bond motifs is 1. The standard InChI is InChI=1S/C30H34F3N7O6/c31-30(32,33)28(44)35-11-5-2-6-12-45-20-13-18(17-7-3-1-4-8-17)9-10-19(20)14-36-29-39-22-25(34)37-16-38-26(22)40(29)27-24(43)23(42)21(15-41)46-27/h1,3-4,7-10,13,16,21,23-24,27,41-43H,2,5-6,11-12,14-15H2,(H,35,44)(H,36,39)(H2,34,37,38)/t21-,23?,24?,27-/m1/s1. The van der Waals surface area contributed by atoms with Gasteiger partial charge in [-0.05, 0) is 36.5 Å². The predicted octanol–water partition coefficient (Wildman–Crippen LogP) is 2.53. The van der Waals surface area contributed by atoms with Crippen molar-refractivity contribution in [2.75, 3.05) is 30.8 Å². The molecule has 0 aliphatic carbocycles. The number of aliphatic hydroxyl groups excluding tert-OH is 3. The van der Waals surface area contributed by atoms with E-state index < -0.39 is 43.2 Å². The number of carbonyl (C=O) groups is 1. The fourth-order valence-corrected chi connectivity index (χ4v) is 5.09. The number of unbranched alkanes of at least 4 members (excludes halogenated alkanes) is 2. The van der Waals surface area contributed by atoms with E-state index in [1.165, 1.54) is 10.9 Å². The number of alkyl halides is 3. The van der Waals surface area contributed by atoms with Crippen molar-refractivity contribution in [2.45, 2.75) is 56.5 Å². The number of nitrogens with two attached hydrogens (primary N) is 1. The van der Waals surface area contributed by atoms with E-state index in [1.54, 1.807) is 0 Å². The highest BCUT2D eigenvalue weighted by Crippen LogP contribution is 2.36. The van der Waals surface area contributed by atoms with Crippen LogP contribution in [0, 0.1) is 0 Å². The molecule has 0 saturated carbocycles. The molecule has 5 rings (SSSR count). The van der Waals surface area contributed by atoms with Gasteiger partial charge in [0.2, 0.25) is 5.95 Å². The fourth-order valence-electron chi connectivity index (χ4n) is 5.09. The molecule has 7 N–H and O–H groups in total. The number of hydrogen-bond acceptors (Lipinski definition) is 11. The van der Waals surface area contributed by atoms with Gasteiger partial charge in [-0.3, -0.25) is 9.36 Å². The zero-order valence-electron chi connectivity index (χ0n) is 24.5. The molecule has 0 bridgehead atoms. The molecule has 1 fully saturated rings. The van der Waals surface area contributed by atoms with Crippen molar-refractivity contribution in [2.24, 2.45) is 0 Å². The normalized spacial score (nSPS) is 19.8. The third-order valence-electron chi connectivity index (χ3n) is 7.51. The quantitative estimate of drug-likeness (QED) is 0.117. The van der Waals surface area contributed by atoms with Crippen molar-refractivity contribution in [3.63, 3.8) is 0 Å². The topological polar surface area (TPSA) is 190 Å². The van der Waals surface area contributed by atoms with Gasteiger partial charge in [0, 0.05) is 18.7 Å². The second-order valence-electron chi connectivity index (χ2n) is 10.7. The van der Waals surface area contributed by atoms with Gasteiger partial charge in [-0.15, -0.1) is 0 Å². The molecule has 46 heavy (non-hydrogen) atoms. The van der Waals surface area contributed by atoms with E-state index in [1.807, 2.05) is 53.8 Å². The molecular weight excluding hydrogens is 611 g/mol. The molecule has 13 nitrogen and oxygen atoms in total. The van der Waals surface area contributed by atoms with E-state index in [0.717, 1.165) is 16.7 Å². The van der Waals surface area contributed by atoms with E-state index >= 15 is 0 Å². The summed E-state index contributed by atoms with van der Waals surface area (Å²) in [5.74, 6) is -1.11. The average Bonchev–Trinajstić information content (AvgIpc) is 3.56. The first kappa shape index (κ1) is 32.9.